The summed E-state index contributed by atoms with van der Waals surface area (Å²) in [6.07, 6.45) is 7.22. The Morgan fingerprint density at radius 1 is 0.927 bits per heavy atom. The minimum Gasteiger partial charge on any atom is -0.494 e. The first kappa shape index (κ1) is 26.6. The van der Waals surface area contributed by atoms with Gasteiger partial charge in [0.25, 0.3) is 0 Å². The van der Waals surface area contributed by atoms with Crippen molar-refractivity contribution in [2.45, 2.75) is 6.92 Å². The van der Waals surface area contributed by atoms with Gasteiger partial charge in [-0.2, -0.15) is 0 Å². The van der Waals surface area contributed by atoms with Crippen molar-refractivity contribution in [1.29, 1.82) is 0 Å². The molecule has 7 nitrogen and oxygen atoms in total. The summed E-state index contributed by atoms with van der Waals surface area (Å²) in [7, 11) is 0. The van der Waals surface area contributed by atoms with Crippen LogP contribution in [0.15, 0.2) is 97.5 Å². The van der Waals surface area contributed by atoms with Crippen molar-refractivity contribution in [2.24, 2.45) is 0 Å². The molecule has 2 aromatic heterocycles. The number of halogens is 1. The Morgan fingerprint density at radius 2 is 1.66 bits per heavy atom. The number of nitrogens with zero attached hydrogens (tertiary/aromatic N) is 5. The summed E-state index contributed by atoms with van der Waals surface area (Å²) in [5.74, 6) is 1.71. The molecule has 1 saturated heterocycles. The van der Waals surface area contributed by atoms with Gasteiger partial charge in [-0.25, -0.2) is 9.97 Å². The standard InChI is InChI=1S/C33H30ClN5O2/c1-2-41-28-15-13-27(14-16-28)39-22-29(25-6-4-3-5-7-25)31-32(35-23-36-33(31)39)38-20-18-37(19-21-38)30(40)17-10-24-8-11-26(34)12-9-24/h3-17,22-23H,2,18-21H2,1H3/b17-10+. The van der Waals surface area contributed by atoms with Crippen LogP contribution in [0, 0.1) is 0 Å². The Kier molecular flexibility index (Phi) is 7.69. The maximum Gasteiger partial charge on any atom is 0.246 e. The monoisotopic (exact) mass is 563 g/mol. The largest absolute Gasteiger partial charge is 0.494 e. The van der Waals surface area contributed by atoms with Crippen molar-refractivity contribution in [3.05, 3.63) is 108 Å². The Bertz CT molecular complexity index is 1670. The Morgan fingerprint density at radius 3 is 2.37 bits per heavy atom. The van der Waals surface area contributed by atoms with Crippen molar-refractivity contribution >= 4 is 40.4 Å². The average molecular weight is 564 g/mol. The van der Waals surface area contributed by atoms with Gasteiger partial charge in [0.15, 0.2) is 5.65 Å². The van der Waals surface area contributed by atoms with Crippen molar-refractivity contribution in [3.8, 4) is 22.6 Å². The number of piperazine rings is 1. The molecule has 1 fully saturated rings. The molecule has 0 saturated carbocycles. The number of rotatable bonds is 7. The smallest absolute Gasteiger partial charge is 0.246 e. The zero-order valence-corrected chi connectivity index (χ0v) is 23.5. The van der Waals surface area contributed by atoms with Crippen LogP contribution in [0.25, 0.3) is 33.9 Å². The Balaban J connectivity index is 1.29. The molecular weight excluding hydrogens is 534 g/mol. The lowest BCUT2D eigenvalue weighted by atomic mass is 10.1. The first-order chi connectivity index (χ1) is 20.1. The van der Waals surface area contributed by atoms with E-state index in [1.807, 2.05) is 84.6 Å². The van der Waals surface area contributed by atoms with E-state index in [1.54, 1.807) is 12.4 Å². The number of carbonyl (C=O) groups is 1. The van der Waals surface area contributed by atoms with Crippen LogP contribution in [0.1, 0.15) is 12.5 Å². The molecule has 3 heterocycles. The number of aromatic nitrogens is 3. The molecule has 206 valence electrons. The van der Waals surface area contributed by atoms with Gasteiger partial charge in [0.2, 0.25) is 5.91 Å². The molecule has 5 aromatic rings. The summed E-state index contributed by atoms with van der Waals surface area (Å²) in [5, 5.41) is 1.67. The van der Waals surface area contributed by atoms with Crippen LogP contribution < -0.4 is 9.64 Å². The number of anilines is 1. The molecule has 0 N–H and O–H groups in total. The Labute approximate surface area is 244 Å². The zero-order valence-electron chi connectivity index (χ0n) is 22.8. The zero-order chi connectivity index (χ0) is 28.2. The van der Waals surface area contributed by atoms with E-state index in [2.05, 4.69) is 27.8 Å². The second kappa shape index (κ2) is 11.9. The van der Waals surface area contributed by atoms with Gasteiger partial charge in [0, 0.05) is 54.7 Å². The highest BCUT2D eigenvalue weighted by Gasteiger charge is 2.25. The molecule has 8 heteroatoms. The van der Waals surface area contributed by atoms with Crippen molar-refractivity contribution in [2.75, 3.05) is 37.7 Å². The minimum absolute atomic E-state index is 0.000869. The van der Waals surface area contributed by atoms with Crippen molar-refractivity contribution in [1.82, 2.24) is 19.4 Å². The third-order valence-corrected chi connectivity index (χ3v) is 7.50. The number of ether oxygens (including phenoxy) is 1. The Hall–Kier alpha value is -4.62. The van der Waals surface area contributed by atoms with Gasteiger partial charge in [-0.3, -0.25) is 4.79 Å². The van der Waals surface area contributed by atoms with Crippen LogP contribution in [-0.4, -0.2) is 58.1 Å². The first-order valence-corrected chi connectivity index (χ1v) is 14.1. The molecule has 41 heavy (non-hydrogen) atoms. The van der Waals surface area contributed by atoms with E-state index >= 15 is 0 Å². The van der Waals surface area contributed by atoms with Crippen molar-refractivity contribution < 1.29 is 9.53 Å². The third kappa shape index (κ3) is 5.67. The molecule has 3 aromatic carbocycles. The third-order valence-electron chi connectivity index (χ3n) is 7.25. The number of hydrogen-bond donors (Lipinski definition) is 0. The highest BCUT2D eigenvalue weighted by Crippen LogP contribution is 2.37. The van der Waals surface area contributed by atoms with Gasteiger partial charge >= 0.3 is 0 Å². The molecule has 0 aliphatic carbocycles. The molecule has 1 aliphatic rings. The molecule has 0 spiro atoms. The van der Waals surface area contributed by atoms with Crippen LogP contribution in [0.5, 0.6) is 5.75 Å². The molecule has 1 aliphatic heterocycles. The summed E-state index contributed by atoms with van der Waals surface area (Å²) in [5.41, 5.74) is 4.93. The molecule has 0 unspecified atom stereocenters. The second-order valence-electron chi connectivity index (χ2n) is 9.80. The molecular formula is C33H30ClN5O2. The van der Waals surface area contributed by atoms with Crippen LogP contribution >= 0.6 is 11.6 Å². The molecule has 0 atom stereocenters. The second-order valence-corrected chi connectivity index (χ2v) is 10.2. The fourth-order valence-corrected chi connectivity index (χ4v) is 5.30. The summed E-state index contributed by atoms with van der Waals surface area (Å²) in [6, 6.07) is 25.8. The van der Waals surface area contributed by atoms with Gasteiger partial charge in [-0.15, -0.1) is 0 Å². The van der Waals surface area contributed by atoms with Crippen LogP contribution in [0.3, 0.4) is 0 Å². The quantitative estimate of drug-likeness (QED) is 0.211. The number of fused-ring (bicyclic) bond motifs is 1. The van der Waals surface area contributed by atoms with Gasteiger partial charge in [-0.1, -0.05) is 54.1 Å². The number of benzene rings is 3. The summed E-state index contributed by atoms with van der Waals surface area (Å²) in [4.78, 5) is 26.6. The van der Waals surface area contributed by atoms with Crippen LogP contribution in [0.2, 0.25) is 5.02 Å². The maximum atomic E-state index is 12.9. The topological polar surface area (TPSA) is 63.5 Å². The number of carbonyl (C=O) groups excluding carboxylic acids is 1. The van der Waals surface area contributed by atoms with Crippen LogP contribution in [-0.2, 0) is 4.79 Å². The minimum atomic E-state index is -0.000869. The first-order valence-electron chi connectivity index (χ1n) is 13.7. The SMILES string of the molecule is CCOc1ccc(-n2cc(-c3ccccc3)c3c(N4CCN(C(=O)/C=C/c5ccc(Cl)cc5)CC4)ncnc32)cc1. The normalized spacial score (nSPS) is 13.7. The molecule has 1 amide bonds. The fraction of sp³-hybridized carbons (Fsp3) is 0.182. The van der Waals surface area contributed by atoms with E-state index in [4.69, 9.17) is 26.3 Å². The van der Waals surface area contributed by atoms with Gasteiger partial charge in [-0.05, 0) is 60.5 Å². The van der Waals surface area contributed by atoms with E-state index in [1.165, 1.54) is 0 Å². The lowest BCUT2D eigenvalue weighted by Gasteiger charge is -2.35. The lowest BCUT2D eigenvalue weighted by molar-refractivity contribution is -0.126. The van der Waals surface area contributed by atoms with E-state index in [-0.39, 0.29) is 5.91 Å². The highest BCUT2D eigenvalue weighted by atomic mass is 35.5. The number of amides is 1. The lowest BCUT2D eigenvalue weighted by Crippen LogP contribution is -2.48. The molecule has 0 radical (unpaired) electrons. The van der Waals surface area contributed by atoms with Gasteiger partial charge in [0.05, 0.1) is 12.0 Å². The summed E-state index contributed by atoms with van der Waals surface area (Å²) in [6.45, 7) is 5.17. The van der Waals surface area contributed by atoms with Crippen LogP contribution in [0.4, 0.5) is 5.82 Å². The predicted molar refractivity (Wildman–Crippen MR) is 165 cm³/mol. The molecule has 0 bridgehead atoms. The number of hydrogen-bond acceptors (Lipinski definition) is 5. The van der Waals surface area contributed by atoms with Crippen molar-refractivity contribution in [3.63, 3.8) is 0 Å². The fourth-order valence-electron chi connectivity index (χ4n) is 5.17. The van der Waals surface area contributed by atoms with Gasteiger partial charge in [0.1, 0.15) is 17.9 Å². The summed E-state index contributed by atoms with van der Waals surface area (Å²) >= 11 is 5.97. The highest BCUT2D eigenvalue weighted by molar-refractivity contribution is 6.30. The van der Waals surface area contributed by atoms with Gasteiger partial charge < -0.3 is 19.1 Å². The predicted octanol–water partition coefficient (Wildman–Crippen LogP) is 6.50. The average Bonchev–Trinajstić information content (AvgIpc) is 3.42. The summed E-state index contributed by atoms with van der Waals surface area (Å²) < 4.78 is 7.76. The van der Waals surface area contributed by atoms with E-state index in [0.29, 0.717) is 37.8 Å². The molecule has 6 rings (SSSR count). The van der Waals surface area contributed by atoms with E-state index < -0.39 is 0 Å². The van der Waals surface area contributed by atoms with E-state index in [9.17, 15) is 4.79 Å². The van der Waals surface area contributed by atoms with E-state index in [0.717, 1.165) is 45.0 Å². The maximum absolute atomic E-state index is 12.9.